The summed E-state index contributed by atoms with van der Waals surface area (Å²) < 4.78 is 4.39. The predicted molar refractivity (Wildman–Crippen MR) is 80.3 cm³/mol. The number of primary amides is 2. The molecular formula is C13H22N4O7. The van der Waals surface area contributed by atoms with Crippen molar-refractivity contribution >= 4 is 29.7 Å². The minimum Gasteiger partial charge on any atom is -0.480 e. The Kier molecular flexibility index (Phi) is 9.20. The van der Waals surface area contributed by atoms with Crippen LogP contribution in [-0.4, -0.2) is 83.4 Å². The number of carbonyl (C=O) groups excluding carboxylic acids is 4. The lowest BCUT2D eigenvalue weighted by molar-refractivity contribution is -0.159. The summed E-state index contributed by atoms with van der Waals surface area (Å²) in [5.74, 6) is -4.29. The number of hydrogen-bond donors (Lipinski definition) is 3. The SMILES string of the molecule is CC(=O)OC(=O)CN(CC(N)=O)[C@H](C)CN(CC(N)=O)CC(=O)O. The number of rotatable bonds is 11. The first kappa shape index (κ1) is 21.5. The van der Waals surface area contributed by atoms with Crippen LogP contribution in [0.15, 0.2) is 0 Å². The third kappa shape index (κ3) is 10.2. The molecule has 0 radical (unpaired) electrons. The van der Waals surface area contributed by atoms with Gasteiger partial charge in [-0.2, -0.15) is 0 Å². The van der Waals surface area contributed by atoms with Crippen molar-refractivity contribution in [2.24, 2.45) is 11.5 Å². The van der Waals surface area contributed by atoms with Crippen molar-refractivity contribution in [3.05, 3.63) is 0 Å². The first-order chi connectivity index (χ1) is 11.0. The lowest BCUT2D eigenvalue weighted by Crippen LogP contribution is -2.50. The van der Waals surface area contributed by atoms with Crippen LogP contribution in [0.1, 0.15) is 13.8 Å². The van der Waals surface area contributed by atoms with E-state index in [2.05, 4.69) is 4.74 Å². The average molecular weight is 346 g/mol. The van der Waals surface area contributed by atoms with Gasteiger partial charge in [0.15, 0.2) is 0 Å². The van der Waals surface area contributed by atoms with E-state index in [-0.39, 0.29) is 19.6 Å². The van der Waals surface area contributed by atoms with Gasteiger partial charge in [0.05, 0.1) is 26.2 Å². The molecule has 11 heteroatoms. The summed E-state index contributed by atoms with van der Waals surface area (Å²) in [5, 5.41) is 8.85. The van der Waals surface area contributed by atoms with Gasteiger partial charge in [-0.05, 0) is 6.92 Å². The summed E-state index contributed by atoms with van der Waals surface area (Å²) >= 11 is 0. The number of esters is 2. The zero-order chi connectivity index (χ0) is 18.9. The Morgan fingerprint density at radius 2 is 1.54 bits per heavy atom. The number of amides is 2. The minimum absolute atomic E-state index is 0.0237. The van der Waals surface area contributed by atoms with Gasteiger partial charge in [-0.1, -0.05) is 0 Å². The van der Waals surface area contributed by atoms with Gasteiger partial charge in [-0.15, -0.1) is 0 Å². The summed E-state index contributed by atoms with van der Waals surface area (Å²) in [7, 11) is 0. The molecule has 24 heavy (non-hydrogen) atoms. The number of aliphatic carboxylic acids is 1. The smallest absolute Gasteiger partial charge is 0.327 e. The van der Waals surface area contributed by atoms with Gasteiger partial charge in [-0.3, -0.25) is 33.8 Å². The lowest BCUT2D eigenvalue weighted by Gasteiger charge is -2.30. The second kappa shape index (κ2) is 10.3. The normalized spacial score (nSPS) is 12.0. The largest absolute Gasteiger partial charge is 0.480 e. The Balaban J connectivity index is 4.98. The Bertz CT molecular complexity index is 493. The molecule has 0 aromatic heterocycles. The summed E-state index contributed by atoms with van der Waals surface area (Å²) in [4.78, 5) is 57.9. The number of carbonyl (C=O) groups is 5. The standard InChI is InChI=1S/C13H22N4O7/c1-8(3-16(4-10(14)19)6-12(21)22)17(5-11(15)20)7-13(23)24-9(2)18/h8H,3-7H2,1-2H3,(H2,14,19)(H2,15,20)(H,21,22)/t8-/m1/s1. The van der Waals surface area contributed by atoms with Crippen molar-refractivity contribution in [2.45, 2.75) is 19.9 Å². The number of ether oxygens (including phenoxy) is 1. The maximum atomic E-state index is 11.6. The molecule has 5 N–H and O–H groups in total. The predicted octanol–water partition coefficient (Wildman–Crippen LogP) is -2.88. The van der Waals surface area contributed by atoms with E-state index in [0.29, 0.717) is 0 Å². The van der Waals surface area contributed by atoms with E-state index in [1.54, 1.807) is 6.92 Å². The molecule has 0 fully saturated rings. The van der Waals surface area contributed by atoms with Gasteiger partial charge < -0.3 is 21.3 Å². The van der Waals surface area contributed by atoms with E-state index in [9.17, 15) is 24.0 Å². The Morgan fingerprint density at radius 1 is 1.00 bits per heavy atom. The molecule has 0 aliphatic rings. The van der Waals surface area contributed by atoms with Crippen LogP contribution in [0.4, 0.5) is 0 Å². The molecular weight excluding hydrogens is 324 g/mol. The summed E-state index contributed by atoms with van der Waals surface area (Å²) in [6, 6.07) is -0.546. The summed E-state index contributed by atoms with van der Waals surface area (Å²) in [5.41, 5.74) is 10.2. The molecule has 136 valence electrons. The van der Waals surface area contributed by atoms with Crippen molar-refractivity contribution in [2.75, 3.05) is 32.7 Å². The van der Waals surface area contributed by atoms with E-state index in [1.165, 1.54) is 9.80 Å². The second-order valence-corrected chi connectivity index (χ2v) is 5.22. The molecule has 0 aromatic carbocycles. The molecule has 0 unspecified atom stereocenters. The minimum atomic E-state index is -1.17. The van der Waals surface area contributed by atoms with E-state index in [1.807, 2.05) is 0 Å². The van der Waals surface area contributed by atoms with Gasteiger partial charge in [-0.25, -0.2) is 0 Å². The molecule has 0 saturated heterocycles. The van der Waals surface area contributed by atoms with Gasteiger partial charge in [0.2, 0.25) is 11.8 Å². The van der Waals surface area contributed by atoms with E-state index < -0.39 is 48.9 Å². The zero-order valence-corrected chi connectivity index (χ0v) is 13.6. The van der Waals surface area contributed by atoms with Crippen LogP contribution in [0.5, 0.6) is 0 Å². The Labute approximate surface area is 138 Å². The van der Waals surface area contributed by atoms with Gasteiger partial charge >= 0.3 is 17.9 Å². The maximum absolute atomic E-state index is 11.6. The molecule has 0 aliphatic heterocycles. The number of nitrogens with two attached hydrogens (primary N) is 2. The van der Waals surface area contributed by atoms with Crippen molar-refractivity contribution in [1.29, 1.82) is 0 Å². The van der Waals surface area contributed by atoms with Crippen LogP contribution in [0.25, 0.3) is 0 Å². The fraction of sp³-hybridized carbons (Fsp3) is 0.615. The van der Waals surface area contributed by atoms with Crippen LogP contribution in [-0.2, 0) is 28.7 Å². The maximum Gasteiger partial charge on any atom is 0.327 e. The zero-order valence-electron chi connectivity index (χ0n) is 13.6. The summed E-state index contributed by atoms with van der Waals surface area (Å²) in [6.45, 7) is 1.21. The first-order valence-corrected chi connectivity index (χ1v) is 6.97. The third-order valence-corrected chi connectivity index (χ3v) is 2.83. The molecule has 0 spiro atoms. The Morgan fingerprint density at radius 3 is 1.96 bits per heavy atom. The molecule has 1 atom stereocenters. The van der Waals surface area contributed by atoms with E-state index in [0.717, 1.165) is 6.92 Å². The van der Waals surface area contributed by atoms with E-state index >= 15 is 0 Å². The average Bonchev–Trinajstić information content (AvgIpc) is 2.34. The van der Waals surface area contributed by atoms with Crippen LogP contribution in [0.3, 0.4) is 0 Å². The third-order valence-electron chi connectivity index (χ3n) is 2.83. The van der Waals surface area contributed by atoms with Crippen LogP contribution in [0, 0.1) is 0 Å². The Hall–Kier alpha value is -2.53. The van der Waals surface area contributed by atoms with Crippen molar-refractivity contribution < 1.29 is 33.8 Å². The number of carboxylic acids is 1. The quantitative estimate of drug-likeness (QED) is 0.262. The topological polar surface area (TPSA) is 173 Å². The van der Waals surface area contributed by atoms with Crippen molar-refractivity contribution in [3.8, 4) is 0 Å². The fourth-order valence-corrected chi connectivity index (χ4v) is 2.01. The summed E-state index contributed by atoms with van der Waals surface area (Å²) in [6.07, 6.45) is 0. The molecule has 0 bridgehead atoms. The number of hydrogen-bond acceptors (Lipinski definition) is 8. The highest BCUT2D eigenvalue weighted by molar-refractivity contribution is 5.85. The fourth-order valence-electron chi connectivity index (χ4n) is 2.01. The van der Waals surface area contributed by atoms with Crippen LogP contribution in [0.2, 0.25) is 0 Å². The van der Waals surface area contributed by atoms with Gasteiger partial charge in [0.1, 0.15) is 0 Å². The number of carboxylic acid groups (broad SMARTS) is 1. The van der Waals surface area contributed by atoms with Crippen molar-refractivity contribution in [3.63, 3.8) is 0 Å². The highest BCUT2D eigenvalue weighted by Crippen LogP contribution is 2.03. The monoisotopic (exact) mass is 346 g/mol. The second-order valence-electron chi connectivity index (χ2n) is 5.22. The van der Waals surface area contributed by atoms with Gasteiger partial charge in [0.25, 0.3) is 0 Å². The number of nitrogens with zero attached hydrogens (tertiary/aromatic N) is 2. The van der Waals surface area contributed by atoms with E-state index in [4.69, 9.17) is 16.6 Å². The van der Waals surface area contributed by atoms with Crippen LogP contribution < -0.4 is 11.5 Å². The molecule has 11 nitrogen and oxygen atoms in total. The highest BCUT2D eigenvalue weighted by atomic mass is 16.6. The van der Waals surface area contributed by atoms with Crippen molar-refractivity contribution in [1.82, 2.24) is 9.80 Å². The molecule has 0 aromatic rings. The first-order valence-electron chi connectivity index (χ1n) is 6.97. The van der Waals surface area contributed by atoms with Gasteiger partial charge in [0, 0.05) is 19.5 Å². The molecule has 0 saturated carbocycles. The molecule has 2 amide bonds. The molecule has 0 heterocycles. The highest BCUT2D eigenvalue weighted by Gasteiger charge is 2.24. The lowest BCUT2D eigenvalue weighted by atomic mass is 10.2. The van der Waals surface area contributed by atoms with Crippen LogP contribution >= 0.6 is 0 Å². The molecule has 0 aliphatic carbocycles. The molecule has 0 rings (SSSR count).